The molecule has 4 heterocycles. The smallest absolute Gasteiger partial charge is 0.322 e. The maximum absolute atomic E-state index is 13.7. The summed E-state index contributed by atoms with van der Waals surface area (Å²) in [5.41, 5.74) is 4.38. The summed E-state index contributed by atoms with van der Waals surface area (Å²) in [4.78, 5) is 18.0. The van der Waals surface area contributed by atoms with Crippen LogP contribution in [0.4, 0.5) is 10.5 Å². The van der Waals surface area contributed by atoms with Crippen molar-refractivity contribution < 1.29 is 19.2 Å². The van der Waals surface area contributed by atoms with Gasteiger partial charge in [-0.25, -0.2) is 4.79 Å². The van der Waals surface area contributed by atoms with E-state index in [4.69, 9.17) is 9.26 Å². The van der Waals surface area contributed by atoms with E-state index in [1.54, 1.807) is 18.9 Å². The summed E-state index contributed by atoms with van der Waals surface area (Å²) in [6.45, 7) is 6.93. The molecular weight excluding hydrogens is 446 g/mol. The number of hydrogen-bond acceptors (Lipinski definition) is 6. The van der Waals surface area contributed by atoms with Crippen LogP contribution in [0.25, 0.3) is 10.9 Å². The maximum atomic E-state index is 13.7. The molecule has 1 aromatic carbocycles. The first-order chi connectivity index (χ1) is 16.8. The van der Waals surface area contributed by atoms with Crippen LogP contribution in [-0.2, 0) is 12.5 Å². The molecule has 1 atom stereocenters. The lowest BCUT2D eigenvalue weighted by Crippen LogP contribution is -2.67. The van der Waals surface area contributed by atoms with Gasteiger partial charge < -0.3 is 34.1 Å². The number of anilines is 1. The molecule has 3 aromatic rings. The summed E-state index contributed by atoms with van der Waals surface area (Å²) in [7, 11) is 3.69. The van der Waals surface area contributed by atoms with E-state index in [9.17, 15) is 9.90 Å². The lowest BCUT2D eigenvalue weighted by atomic mass is 9.68. The Balaban J connectivity index is 1.44. The Bertz CT molecular complexity index is 1280. The molecule has 9 heteroatoms. The molecule has 1 aliphatic carbocycles. The van der Waals surface area contributed by atoms with Gasteiger partial charge in [-0.3, -0.25) is 0 Å². The van der Waals surface area contributed by atoms with Gasteiger partial charge in [-0.05, 0) is 50.3 Å². The van der Waals surface area contributed by atoms with Crippen LogP contribution < -0.4 is 10.1 Å². The molecule has 0 unspecified atom stereocenters. The molecule has 2 N–H and O–H groups in total. The molecule has 2 aromatic heterocycles. The standard InChI is InChI=1S/C26H33N5O4/c1-15-23(16(2)35-28-15)27-25(33)31-14-26(12-30(13-26)10-17-5-6-17)22-19-8-7-18(34-4)9-20(19)29(3)24(22)21(31)11-32/h7-9,17,21,32H,5-6,10-14H2,1-4H3,(H,27,33)/t21-/m1/s1. The number of hydrogen-bond donors (Lipinski definition) is 2. The Morgan fingerprint density at radius 3 is 2.69 bits per heavy atom. The minimum absolute atomic E-state index is 0.162. The highest BCUT2D eigenvalue weighted by Crippen LogP contribution is 2.50. The summed E-state index contributed by atoms with van der Waals surface area (Å²) < 4.78 is 12.9. The molecule has 2 aliphatic heterocycles. The van der Waals surface area contributed by atoms with Crippen molar-refractivity contribution in [2.45, 2.75) is 38.1 Å². The Labute approximate surface area is 204 Å². The SMILES string of the molecule is COc1ccc2c3c(n(C)c2c1)[C@@H](CO)N(C(=O)Nc1c(C)noc1C)CC31CN(CC2CC2)C1. The summed E-state index contributed by atoms with van der Waals surface area (Å²) in [5.74, 6) is 2.18. The van der Waals surface area contributed by atoms with Crippen LogP contribution in [-0.4, -0.2) is 70.6 Å². The Kier molecular flexibility index (Phi) is 5.12. The third-order valence-electron chi connectivity index (χ3n) is 8.11. The molecule has 2 amide bonds. The van der Waals surface area contributed by atoms with Gasteiger partial charge in [0.15, 0.2) is 5.76 Å². The summed E-state index contributed by atoms with van der Waals surface area (Å²) in [6.07, 6.45) is 2.64. The molecule has 1 saturated carbocycles. The van der Waals surface area contributed by atoms with Crippen LogP contribution in [0.15, 0.2) is 22.7 Å². The minimum atomic E-state index is -0.461. The molecule has 9 nitrogen and oxygen atoms in total. The van der Waals surface area contributed by atoms with Crippen molar-refractivity contribution in [2.75, 3.05) is 45.2 Å². The lowest BCUT2D eigenvalue weighted by molar-refractivity contribution is 0.00993. The number of aliphatic hydroxyl groups excluding tert-OH is 1. The second-order valence-corrected chi connectivity index (χ2v) is 10.6. The van der Waals surface area contributed by atoms with E-state index in [1.807, 2.05) is 26.1 Å². The second kappa shape index (κ2) is 7.99. The van der Waals surface area contributed by atoms with E-state index in [2.05, 4.69) is 26.0 Å². The van der Waals surface area contributed by atoms with Crippen LogP contribution >= 0.6 is 0 Å². The molecule has 3 aliphatic rings. The third kappa shape index (κ3) is 3.43. The van der Waals surface area contributed by atoms with Gasteiger partial charge in [0.25, 0.3) is 0 Å². The van der Waals surface area contributed by atoms with E-state index in [0.29, 0.717) is 23.7 Å². The van der Waals surface area contributed by atoms with E-state index < -0.39 is 6.04 Å². The molecular formula is C26H33N5O4. The zero-order chi connectivity index (χ0) is 24.5. The van der Waals surface area contributed by atoms with Gasteiger partial charge in [-0.2, -0.15) is 0 Å². The molecule has 1 spiro atoms. The summed E-state index contributed by atoms with van der Waals surface area (Å²) in [6, 6.07) is 5.47. The van der Waals surface area contributed by atoms with Crippen molar-refractivity contribution in [3.05, 3.63) is 40.9 Å². The first kappa shape index (κ1) is 22.4. The fraction of sp³-hybridized carbons (Fsp3) is 0.538. The number of likely N-dealkylation sites (tertiary alicyclic amines) is 1. The van der Waals surface area contributed by atoms with Crippen LogP contribution in [0.5, 0.6) is 5.75 Å². The van der Waals surface area contributed by atoms with Crippen molar-refractivity contribution in [1.29, 1.82) is 0 Å². The van der Waals surface area contributed by atoms with E-state index in [0.717, 1.165) is 42.5 Å². The average molecular weight is 480 g/mol. The van der Waals surface area contributed by atoms with Gasteiger partial charge >= 0.3 is 6.03 Å². The van der Waals surface area contributed by atoms with E-state index in [1.165, 1.54) is 23.8 Å². The Morgan fingerprint density at radius 1 is 1.29 bits per heavy atom. The lowest BCUT2D eigenvalue weighted by Gasteiger charge is -2.56. The topological polar surface area (TPSA) is 96.0 Å². The monoisotopic (exact) mass is 479 g/mol. The van der Waals surface area contributed by atoms with Crippen molar-refractivity contribution in [2.24, 2.45) is 13.0 Å². The molecule has 1 saturated heterocycles. The van der Waals surface area contributed by atoms with E-state index >= 15 is 0 Å². The zero-order valence-electron chi connectivity index (χ0n) is 20.8. The van der Waals surface area contributed by atoms with Gasteiger partial charge in [-0.15, -0.1) is 0 Å². The maximum Gasteiger partial charge on any atom is 0.322 e. The van der Waals surface area contributed by atoms with Gasteiger partial charge in [-0.1, -0.05) is 5.16 Å². The predicted octanol–water partition coefficient (Wildman–Crippen LogP) is 3.34. The van der Waals surface area contributed by atoms with Gasteiger partial charge in [0.1, 0.15) is 17.1 Å². The van der Waals surface area contributed by atoms with Gasteiger partial charge in [0.05, 0.1) is 25.3 Å². The molecule has 35 heavy (non-hydrogen) atoms. The number of aromatic nitrogens is 2. The number of amides is 2. The first-order valence-electron chi connectivity index (χ1n) is 12.4. The number of rotatable bonds is 5. The largest absolute Gasteiger partial charge is 0.497 e. The van der Waals surface area contributed by atoms with Crippen LogP contribution in [0, 0.1) is 19.8 Å². The fourth-order valence-electron chi connectivity index (χ4n) is 6.27. The highest BCUT2D eigenvalue weighted by molar-refractivity contribution is 5.93. The number of carbonyl (C=O) groups excluding carboxylic acids is 1. The predicted molar refractivity (Wildman–Crippen MR) is 132 cm³/mol. The summed E-state index contributed by atoms with van der Waals surface area (Å²) in [5, 5.41) is 18.7. The van der Waals surface area contributed by atoms with Crippen LogP contribution in [0.1, 0.15) is 41.6 Å². The minimum Gasteiger partial charge on any atom is -0.497 e. The fourth-order valence-corrected chi connectivity index (χ4v) is 6.27. The normalized spacial score (nSPS) is 21.3. The average Bonchev–Trinajstić information content (AvgIpc) is 3.54. The second-order valence-electron chi connectivity index (χ2n) is 10.6. The highest BCUT2D eigenvalue weighted by Gasteiger charge is 2.54. The van der Waals surface area contributed by atoms with Crippen LogP contribution in [0.3, 0.4) is 0 Å². The zero-order valence-corrected chi connectivity index (χ0v) is 20.8. The molecule has 6 rings (SSSR count). The number of fused-ring (bicyclic) bond motifs is 4. The number of nitrogens with zero attached hydrogens (tertiary/aromatic N) is 4. The van der Waals surface area contributed by atoms with Crippen molar-refractivity contribution >= 4 is 22.6 Å². The quantitative estimate of drug-likeness (QED) is 0.583. The molecule has 0 bridgehead atoms. The summed E-state index contributed by atoms with van der Waals surface area (Å²) >= 11 is 0. The number of aliphatic hydroxyl groups is 1. The van der Waals surface area contributed by atoms with Gasteiger partial charge in [0, 0.05) is 55.8 Å². The van der Waals surface area contributed by atoms with Crippen molar-refractivity contribution in [1.82, 2.24) is 19.5 Å². The molecule has 0 radical (unpaired) electrons. The van der Waals surface area contributed by atoms with E-state index in [-0.39, 0.29) is 18.1 Å². The number of methoxy groups -OCH3 is 1. The van der Waals surface area contributed by atoms with Crippen molar-refractivity contribution in [3.63, 3.8) is 0 Å². The number of ether oxygens (including phenoxy) is 1. The Hall–Kier alpha value is -3.04. The molecule has 2 fully saturated rings. The number of benzene rings is 1. The number of urea groups is 1. The third-order valence-corrected chi connectivity index (χ3v) is 8.11. The van der Waals surface area contributed by atoms with Crippen molar-refractivity contribution in [3.8, 4) is 5.75 Å². The number of aryl methyl sites for hydroxylation is 3. The first-order valence-corrected chi connectivity index (χ1v) is 12.4. The number of carbonyl (C=O) groups is 1. The Morgan fingerprint density at radius 2 is 2.06 bits per heavy atom. The van der Waals surface area contributed by atoms with Crippen LogP contribution in [0.2, 0.25) is 0 Å². The highest BCUT2D eigenvalue weighted by atomic mass is 16.5. The van der Waals surface area contributed by atoms with Gasteiger partial charge in [0.2, 0.25) is 0 Å². The number of nitrogens with one attached hydrogen (secondary N) is 1. The molecule has 186 valence electrons.